The Hall–Kier alpha value is -3.01. The molecule has 0 spiro atoms. The smallest absolute Gasteiger partial charge is 0.123 e. The molecule has 3 aromatic rings. The van der Waals surface area contributed by atoms with Crippen LogP contribution in [0.25, 0.3) is 0 Å². The van der Waals surface area contributed by atoms with Gasteiger partial charge in [0.1, 0.15) is 23.9 Å². The first-order chi connectivity index (χ1) is 12.7. The van der Waals surface area contributed by atoms with E-state index in [-0.39, 0.29) is 5.82 Å². The Kier molecular flexibility index (Phi) is 6.09. The zero-order valence-corrected chi connectivity index (χ0v) is 14.7. The van der Waals surface area contributed by atoms with Crippen molar-refractivity contribution in [2.45, 2.75) is 20.1 Å². The van der Waals surface area contributed by atoms with Crippen molar-refractivity contribution < 1.29 is 13.9 Å². The standard InChI is InChI=1S/C22H22FNO2/c1-2-25-21-12-8-20(9-13-21)24-15-17-6-10-22(11-7-17)26-16-18-4-3-5-19(23)14-18/h3-14,24H,2,15-16H2,1H3. The van der Waals surface area contributed by atoms with Gasteiger partial charge in [-0.3, -0.25) is 0 Å². The summed E-state index contributed by atoms with van der Waals surface area (Å²) in [5, 5.41) is 3.38. The minimum absolute atomic E-state index is 0.248. The lowest BCUT2D eigenvalue weighted by Crippen LogP contribution is -2.00. The fourth-order valence-corrected chi connectivity index (χ4v) is 2.54. The number of nitrogens with one attached hydrogen (secondary N) is 1. The summed E-state index contributed by atoms with van der Waals surface area (Å²) in [5.41, 5.74) is 3.00. The summed E-state index contributed by atoms with van der Waals surface area (Å²) >= 11 is 0. The fourth-order valence-electron chi connectivity index (χ4n) is 2.54. The Labute approximate surface area is 153 Å². The lowest BCUT2D eigenvalue weighted by Gasteiger charge is -2.10. The molecule has 0 aliphatic rings. The molecule has 0 heterocycles. The predicted molar refractivity (Wildman–Crippen MR) is 102 cm³/mol. The molecule has 26 heavy (non-hydrogen) atoms. The van der Waals surface area contributed by atoms with Crippen LogP contribution < -0.4 is 14.8 Å². The number of hydrogen-bond acceptors (Lipinski definition) is 3. The number of rotatable bonds is 8. The third-order valence-corrected chi connectivity index (χ3v) is 3.88. The van der Waals surface area contributed by atoms with Gasteiger partial charge in [-0.25, -0.2) is 4.39 Å². The zero-order chi connectivity index (χ0) is 18.2. The maximum Gasteiger partial charge on any atom is 0.123 e. The van der Waals surface area contributed by atoms with Crippen LogP contribution in [-0.4, -0.2) is 6.61 Å². The van der Waals surface area contributed by atoms with Crippen molar-refractivity contribution in [1.29, 1.82) is 0 Å². The molecule has 3 rings (SSSR count). The third-order valence-electron chi connectivity index (χ3n) is 3.88. The molecule has 0 saturated carbocycles. The quantitative estimate of drug-likeness (QED) is 0.588. The van der Waals surface area contributed by atoms with E-state index in [0.717, 1.165) is 34.9 Å². The Morgan fingerprint density at radius 1 is 0.808 bits per heavy atom. The van der Waals surface area contributed by atoms with Crippen molar-refractivity contribution in [1.82, 2.24) is 0 Å². The average molecular weight is 351 g/mol. The van der Waals surface area contributed by atoms with E-state index in [0.29, 0.717) is 13.2 Å². The van der Waals surface area contributed by atoms with Crippen molar-refractivity contribution in [2.75, 3.05) is 11.9 Å². The summed E-state index contributed by atoms with van der Waals surface area (Å²) in [4.78, 5) is 0. The summed E-state index contributed by atoms with van der Waals surface area (Å²) in [7, 11) is 0. The first-order valence-corrected chi connectivity index (χ1v) is 8.66. The minimum atomic E-state index is -0.248. The molecule has 3 aromatic carbocycles. The molecule has 0 saturated heterocycles. The van der Waals surface area contributed by atoms with Crippen LogP contribution in [0.15, 0.2) is 72.8 Å². The molecule has 0 atom stereocenters. The number of ether oxygens (including phenoxy) is 2. The summed E-state index contributed by atoms with van der Waals surface area (Å²) < 4.78 is 24.3. The monoisotopic (exact) mass is 351 g/mol. The van der Waals surface area contributed by atoms with E-state index in [9.17, 15) is 4.39 Å². The van der Waals surface area contributed by atoms with Gasteiger partial charge in [-0.2, -0.15) is 0 Å². The van der Waals surface area contributed by atoms with Gasteiger partial charge in [0.2, 0.25) is 0 Å². The lowest BCUT2D eigenvalue weighted by molar-refractivity contribution is 0.305. The van der Waals surface area contributed by atoms with Crippen molar-refractivity contribution in [3.05, 3.63) is 89.7 Å². The lowest BCUT2D eigenvalue weighted by atomic mass is 10.2. The van der Waals surface area contributed by atoms with Crippen molar-refractivity contribution in [3.8, 4) is 11.5 Å². The van der Waals surface area contributed by atoms with E-state index in [4.69, 9.17) is 9.47 Å². The van der Waals surface area contributed by atoms with Gasteiger partial charge in [0.15, 0.2) is 0 Å². The van der Waals surface area contributed by atoms with Gasteiger partial charge in [-0.1, -0.05) is 24.3 Å². The largest absolute Gasteiger partial charge is 0.494 e. The number of hydrogen-bond donors (Lipinski definition) is 1. The van der Waals surface area contributed by atoms with Gasteiger partial charge in [0, 0.05) is 12.2 Å². The first kappa shape index (κ1) is 17.8. The van der Waals surface area contributed by atoms with Crippen LogP contribution in [0, 0.1) is 5.82 Å². The maximum absolute atomic E-state index is 13.2. The molecule has 1 N–H and O–H groups in total. The topological polar surface area (TPSA) is 30.5 Å². The van der Waals surface area contributed by atoms with Gasteiger partial charge in [-0.15, -0.1) is 0 Å². The molecule has 0 radical (unpaired) electrons. The van der Waals surface area contributed by atoms with E-state index in [1.807, 2.05) is 61.5 Å². The molecule has 4 heteroatoms. The maximum atomic E-state index is 13.2. The molecule has 3 nitrogen and oxygen atoms in total. The first-order valence-electron chi connectivity index (χ1n) is 8.66. The van der Waals surface area contributed by atoms with Gasteiger partial charge >= 0.3 is 0 Å². The van der Waals surface area contributed by atoms with Crippen LogP contribution in [0.4, 0.5) is 10.1 Å². The third kappa shape index (κ3) is 5.24. The van der Waals surface area contributed by atoms with Crippen LogP contribution in [0.5, 0.6) is 11.5 Å². The molecular formula is C22H22FNO2. The second kappa shape index (κ2) is 8.90. The van der Waals surface area contributed by atoms with Crippen LogP contribution >= 0.6 is 0 Å². The predicted octanol–water partition coefficient (Wildman–Crippen LogP) is 5.42. The molecule has 0 aromatic heterocycles. The van der Waals surface area contributed by atoms with Gasteiger partial charge in [-0.05, 0) is 66.6 Å². The second-order valence-electron chi connectivity index (χ2n) is 5.87. The summed E-state index contributed by atoms with van der Waals surface area (Å²) in [5.74, 6) is 1.39. The van der Waals surface area contributed by atoms with E-state index in [1.54, 1.807) is 6.07 Å². The average Bonchev–Trinajstić information content (AvgIpc) is 2.67. The van der Waals surface area contributed by atoms with Crippen LogP contribution in [0.2, 0.25) is 0 Å². The second-order valence-corrected chi connectivity index (χ2v) is 5.87. The van der Waals surface area contributed by atoms with Crippen molar-refractivity contribution in [3.63, 3.8) is 0 Å². The van der Waals surface area contributed by atoms with Crippen molar-refractivity contribution in [2.24, 2.45) is 0 Å². The molecule has 134 valence electrons. The van der Waals surface area contributed by atoms with Gasteiger partial charge in [0.05, 0.1) is 6.61 Å². The Morgan fingerprint density at radius 3 is 2.19 bits per heavy atom. The number of benzene rings is 3. The minimum Gasteiger partial charge on any atom is -0.494 e. The summed E-state index contributed by atoms with van der Waals surface area (Å²) in [6.07, 6.45) is 0. The highest BCUT2D eigenvalue weighted by atomic mass is 19.1. The van der Waals surface area contributed by atoms with E-state index < -0.39 is 0 Å². The van der Waals surface area contributed by atoms with E-state index in [1.165, 1.54) is 12.1 Å². The number of halogens is 1. The normalized spacial score (nSPS) is 10.4. The van der Waals surface area contributed by atoms with Gasteiger partial charge in [0.25, 0.3) is 0 Å². The molecule has 0 aliphatic carbocycles. The Morgan fingerprint density at radius 2 is 1.50 bits per heavy atom. The van der Waals surface area contributed by atoms with Crippen molar-refractivity contribution >= 4 is 5.69 Å². The molecule has 0 unspecified atom stereocenters. The fraction of sp³-hybridized carbons (Fsp3) is 0.182. The van der Waals surface area contributed by atoms with E-state index in [2.05, 4.69) is 5.32 Å². The van der Waals surface area contributed by atoms with E-state index >= 15 is 0 Å². The molecular weight excluding hydrogens is 329 g/mol. The highest BCUT2D eigenvalue weighted by molar-refractivity contribution is 5.47. The number of anilines is 1. The molecule has 0 fully saturated rings. The zero-order valence-electron chi connectivity index (χ0n) is 14.7. The SMILES string of the molecule is CCOc1ccc(NCc2ccc(OCc3cccc(F)c3)cc2)cc1. The van der Waals surface area contributed by atoms with Gasteiger partial charge < -0.3 is 14.8 Å². The summed E-state index contributed by atoms with van der Waals surface area (Å²) in [6, 6.07) is 22.2. The Bertz CT molecular complexity index is 816. The van der Waals surface area contributed by atoms with Crippen LogP contribution in [-0.2, 0) is 13.2 Å². The molecule has 0 aliphatic heterocycles. The Balaban J connectivity index is 1.49. The van der Waals surface area contributed by atoms with Crippen LogP contribution in [0.1, 0.15) is 18.1 Å². The van der Waals surface area contributed by atoms with Crippen LogP contribution in [0.3, 0.4) is 0 Å². The highest BCUT2D eigenvalue weighted by Crippen LogP contribution is 2.18. The molecule has 0 bridgehead atoms. The summed E-state index contributed by atoms with van der Waals surface area (Å²) in [6.45, 7) is 3.71. The molecule has 0 amide bonds. The highest BCUT2D eigenvalue weighted by Gasteiger charge is 2.00.